The van der Waals surface area contributed by atoms with Crippen LogP contribution in [-0.2, 0) is 0 Å². The smallest absolute Gasteiger partial charge is 0.257 e. The highest BCUT2D eigenvalue weighted by atomic mass is 16.1. The van der Waals surface area contributed by atoms with Crippen molar-refractivity contribution in [2.75, 3.05) is 10.6 Å². The molecule has 3 aromatic rings. The lowest BCUT2D eigenvalue weighted by atomic mass is 10.2. The number of hydrogen-bond acceptors (Lipinski definition) is 6. The van der Waals surface area contributed by atoms with Gasteiger partial charge in [0.1, 0.15) is 0 Å². The zero-order valence-corrected chi connectivity index (χ0v) is 14.5. The molecule has 7 heteroatoms. The molecular weight excluding hydrogens is 328 g/mol. The molecule has 1 aliphatic heterocycles. The van der Waals surface area contributed by atoms with Crippen molar-refractivity contribution in [2.24, 2.45) is 4.99 Å². The highest BCUT2D eigenvalue weighted by molar-refractivity contribution is 6.03. The molecule has 0 aliphatic carbocycles. The minimum atomic E-state index is -0.512. The summed E-state index contributed by atoms with van der Waals surface area (Å²) in [6.45, 7) is 3.83. The molecule has 4 rings (SSSR count). The van der Waals surface area contributed by atoms with Gasteiger partial charge in [0.2, 0.25) is 11.9 Å². The number of benzene rings is 1. The van der Waals surface area contributed by atoms with Crippen molar-refractivity contribution in [1.29, 1.82) is 0 Å². The first kappa shape index (κ1) is 16.0. The Bertz CT molecular complexity index is 1040. The van der Waals surface area contributed by atoms with Crippen LogP contribution >= 0.6 is 0 Å². The lowest BCUT2D eigenvalue weighted by Gasteiger charge is -2.27. The Balaban J connectivity index is 1.79. The summed E-state index contributed by atoms with van der Waals surface area (Å²) in [5.41, 5.74) is 3.41. The second kappa shape index (κ2) is 6.44. The lowest BCUT2D eigenvalue weighted by Crippen LogP contribution is -2.37. The first-order valence-corrected chi connectivity index (χ1v) is 8.29. The Morgan fingerprint density at radius 3 is 2.69 bits per heavy atom. The summed E-state index contributed by atoms with van der Waals surface area (Å²) in [6, 6.07) is 13.2. The Morgan fingerprint density at radius 2 is 1.92 bits per heavy atom. The number of nitrogens with one attached hydrogen (secondary N) is 2. The van der Waals surface area contributed by atoms with E-state index in [0.717, 1.165) is 16.8 Å². The first-order chi connectivity index (χ1) is 12.6. The van der Waals surface area contributed by atoms with Crippen LogP contribution in [0.3, 0.4) is 0 Å². The molecule has 0 saturated carbocycles. The highest BCUT2D eigenvalue weighted by Crippen LogP contribution is 2.25. The molecule has 0 radical (unpaired) electrons. The van der Waals surface area contributed by atoms with Gasteiger partial charge in [0.05, 0.1) is 0 Å². The summed E-state index contributed by atoms with van der Waals surface area (Å²) in [5.74, 6) is 0.997. The molecule has 0 unspecified atom stereocenters. The second-order valence-electron chi connectivity index (χ2n) is 6.18. The van der Waals surface area contributed by atoms with Gasteiger partial charge < -0.3 is 5.32 Å². The average Bonchev–Trinajstić information content (AvgIpc) is 2.61. The number of guanidine groups is 1. The van der Waals surface area contributed by atoms with E-state index in [2.05, 4.69) is 20.6 Å². The van der Waals surface area contributed by atoms with E-state index in [-0.39, 0.29) is 5.56 Å². The van der Waals surface area contributed by atoms with Crippen LogP contribution < -0.4 is 16.2 Å². The molecular formula is C19H18N6O. The third-order valence-corrected chi connectivity index (χ3v) is 4.09. The van der Waals surface area contributed by atoms with E-state index in [0.29, 0.717) is 17.6 Å². The molecule has 3 heterocycles. The van der Waals surface area contributed by atoms with Crippen LogP contribution in [0.4, 0.5) is 11.6 Å². The van der Waals surface area contributed by atoms with Gasteiger partial charge in [0.15, 0.2) is 6.17 Å². The molecule has 0 amide bonds. The standard InChI is InChI=1S/C19H18N6O/c1-12-4-3-5-15(10-12)22-18-23-17(14-6-8-20-9-7-14)25-16(26)11-13(2)21-19(25)24-18/h3-11,17H,1-2H3,(H2,21,22,23,24)/t17-/m1/s1. The van der Waals surface area contributed by atoms with Gasteiger partial charge in [-0.3, -0.25) is 19.7 Å². The lowest BCUT2D eigenvalue weighted by molar-refractivity contribution is 0.576. The molecule has 0 fully saturated rings. The number of aliphatic imine (C=N–C) groups is 1. The minimum absolute atomic E-state index is 0.153. The monoisotopic (exact) mass is 346 g/mol. The van der Waals surface area contributed by atoms with Gasteiger partial charge in [0.25, 0.3) is 5.56 Å². The molecule has 2 N–H and O–H groups in total. The van der Waals surface area contributed by atoms with Gasteiger partial charge in [-0.2, -0.15) is 0 Å². The second-order valence-corrected chi connectivity index (χ2v) is 6.18. The predicted molar refractivity (Wildman–Crippen MR) is 101 cm³/mol. The Kier molecular flexibility index (Phi) is 3.96. The zero-order chi connectivity index (χ0) is 18.1. The number of fused-ring (bicyclic) bond motifs is 1. The summed E-state index contributed by atoms with van der Waals surface area (Å²) >= 11 is 0. The Hall–Kier alpha value is -3.48. The fraction of sp³-hybridized carbons (Fsp3) is 0.158. The minimum Gasteiger partial charge on any atom is -0.326 e. The average molecular weight is 346 g/mol. The SMILES string of the molecule is Cc1cccc(NC2=N[C@@H](c3ccncc3)n3c(nc(C)cc3=O)N2)c1. The summed E-state index contributed by atoms with van der Waals surface area (Å²) < 4.78 is 1.55. The molecule has 1 aliphatic rings. The van der Waals surface area contributed by atoms with Crippen LogP contribution in [-0.4, -0.2) is 20.5 Å². The van der Waals surface area contributed by atoms with E-state index >= 15 is 0 Å². The fourth-order valence-electron chi connectivity index (χ4n) is 2.93. The summed E-state index contributed by atoms with van der Waals surface area (Å²) in [6.07, 6.45) is 2.86. The van der Waals surface area contributed by atoms with E-state index in [1.165, 1.54) is 6.07 Å². The predicted octanol–water partition coefficient (Wildman–Crippen LogP) is 2.70. The van der Waals surface area contributed by atoms with Gasteiger partial charge in [0, 0.05) is 35.4 Å². The summed E-state index contributed by atoms with van der Waals surface area (Å²) in [5, 5.41) is 6.39. The number of aromatic nitrogens is 3. The van der Waals surface area contributed by atoms with Crippen LogP contribution in [0.15, 0.2) is 64.6 Å². The number of anilines is 2. The molecule has 130 valence electrons. The maximum Gasteiger partial charge on any atom is 0.257 e. The van der Waals surface area contributed by atoms with Crippen molar-refractivity contribution in [3.05, 3.63) is 82.0 Å². The van der Waals surface area contributed by atoms with Crippen molar-refractivity contribution in [2.45, 2.75) is 20.0 Å². The van der Waals surface area contributed by atoms with E-state index in [1.807, 2.05) is 43.3 Å². The van der Waals surface area contributed by atoms with E-state index in [1.54, 1.807) is 23.9 Å². The van der Waals surface area contributed by atoms with E-state index in [4.69, 9.17) is 4.99 Å². The molecule has 0 bridgehead atoms. The molecule has 0 saturated heterocycles. The van der Waals surface area contributed by atoms with Crippen LogP contribution in [0.1, 0.15) is 23.0 Å². The molecule has 1 aromatic carbocycles. The number of pyridine rings is 1. The molecule has 1 atom stereocenters. The third-order valence-electron chi connectivity index (χ3n) is 4.09. The number of hydrogen-bond donors (Lipinski definition) is 2. The quantitative estimate of drug-likeness (QED) is 0.745. The maximum atomic E-state index is 12.6. The topological polar surface area (TPSA) is 84.2 Å². The Labute approximate surface area is 150 Å². The van der Waals surface area contributed by atoms with Gasteiger partial charge in [-0.25, -0.2) is 9.98 Å². The van der Waals surface area contributed by atoms with E-state index < -0.39 is 6.17 Å². The third kappa shape index (κ3) is 3.06. The number of nitrogens with zero attached hydrogens (tertiary/aromatic N) is 4. The molecule has 2 aromatic heterocycles. The van der Waals surface area contributed by atoms with Crippen LogP contribution in [0.2, 0.25) is 0 Å². The van der Waals surface area contributed by atoms with Gasteiger partial charge in [-0.05, 0) is 43.7 Å². The maximum absolute atomic E-state index is 12.6. The summed E-state index contributed by atoms with van der Waals surface area (Å²) in [4.78, 5) is 25.8. The first-order valence-electron chi connectivity index (χ1n) is 8.29. The van der Waals surface area contributed by atoms with Crippen LogP contribution in [0.5, 0.6) is 0 Å². The number of aryl methyl sites for hydroxylation is 2. The van der Waals surface area contributed by atoms with Crippen molar-refractivity contribution in [3.63, 3.8) is 0 Å². The highest BCUT2D eigenvalue weighted by Gasteiger charge is 2.25. The van der Waals surface area contributed by atoms with Crippen LogP contribution in [0.25, 0.3) is 0 Å². The molecule has 26 heavy (non-hydrogen) atoms. The van der Waals surface area contributed by atoms with Crippen molar-refractivity contribution in [1.82, 2.24) is 14.5 Å². The van der Waals surface area contributed by atoms with Gasteiger partial charge >= 0.3 is 0 Å². The number of rotatable bonds is 2. The van der Waals surface area contributed by atoms with Gasteiger partial charge in [-0.1, -0.05) is 12.1 Å². The largest absolute Gasteiger partial charge is 0.326 e. The normalized spacial score (nSPS) is 15.6. The van der Waals surface area contributed by atoms with Crippen molar-refractivity contribution < 1.29 is 0 Å². The van der Waals surface area contributed by atoms with Crippen molar-refractivity contribution >= 4 is 17.6 Å². The molecule has 0 spiro atoms. The summed E-state index contributed by atoms with van der Waals surface area (Å²) in [7, 11) is 0. The zero-order valence-electron chi connectivity index (χ0n) is 14.5. The fourth-order valence-corrected chi connectivity index (χ4v) is 2.93. The Morgan fingerprint density at radius 1 is 1.12 bits per heavy atom. The van der Waals surface area contributed by atoms with Crippen LogP contribution in [0, 0.1) is 13.8 Å². The van der Waals surface area contributed by atoms with Crippen molar-refractivity contribution in [3.8, 4) is 0 Å². The molecule has 7 nitrogen and oxygen atoms in total. The van der Waals surface area contributed by atoms with E-state index in [9.17, 15) is 4.79 Å². The van der Waals surface area contributed by atoms with Gasteiger partial charge in [-0.15, -0.1) is 0 Å².